The summed E-state index contributed by atoms with van der Waals surface area (Å²) in [6.45, 7) is -2.26. The summed E-state index contributed by atoms with van der Waals surface area (Å²) in [7, 11) is 3.90. The fourth-order valence-corrected chi connectivity index (χ4v) is 8.61. The molecule has 0 amide bonds. The number of hydrogen-bond donors (Lipinski definition) is 13. The Balaban J connectivity index is 1.16. The van der Waals surface area contributed by atoms with Crippen LogP contribution >= 0.6 is 0 Å². The van der Waals surface area contributed by atoms with Crippen LogP contribution in [-0.4, -0.2) is 205 Å². The zero-order chi connectivity index (χ0) is 57.7. The van der Waals surface area contributed by atoms with Crippen LogP contribution in [0.3, 0.4) is 0 Å². The maximum atomic E-state index is 13.4. The minimum Gasteiger partial charge on any atom is -0.507 e. The van der Waals surface area contributed by atoms with Gasteiger partial charge in [-0.1, -0.05) is 6.07 Å². The van der Waals surface area contributed by atoms with Gasteiger partial charge >= 0.3 is 23.3 Å². The van der Waals surface area contributed by atoms with Crippen molar-refractivity contribution in [3.63, 3.8) is 0 Å². The summed E-state index contributed by atoms with van der Waals surface area (Å²) < 4.78 is 68.7. The van der Waals surface area contributed by atoms with Gasteiger partial charge in [0.15, 0.2) is 53.0 Å². The zero-order valence-electron chi connectivity index (χ0n) is 42.4. The van der Waals surface area contributed by atoms with Gasteiger partial charge < -0.3 is 118 Å². The lowest BCUT2D eigenvalue weighted by Gasteiger charge is -2.45. The van der Waals surface area contributed by atoms with Crippen molar-refractivity contribution in [3.05, 3.63) is 90.0 Å². The molecule has 80 heavy (non-hydrogen) atoms. The summed E-state index contributed by atoms with van der Waals surface area (Å²) in [5.41, 5.74) is 0.443. The predicted octanol–water partition coefficient (Wildman–Crippen LogP) is 0.284. The van der Waals surface area contributed by atoms with Gasteiger partial charge in [0.2, 0.25) is 24.1 Å². The minimum absolute atomic E-state index is 0.00616. The standard InChI is InChI=1S/C53H56O27/c1-69-33-12-22(4-8-28(33)57)5-10-39(60)72-21-38-44(65)46(67)50(80-52-49(41(62)30(59)20-73-52)79-40(61)11-6-23-13-34(70-2)42(63)35(14-23)71-3)53(78-38)76-36-18-26-31(74-48(36)24-7-9-27(56)29(58)15-24)16-25(55)17-32(26)75-51-47(68)45(66)43(64)37(19-54)77-51/h4-18,30,37-38,41,43-47,49-54,59,62,64-68H,19-21H2,1-3H3,(H4-,55,56,57,58,60,61,63)/p+1/t30-,37?,38?,41+,43-,44-,45+,46?,47?,49?,50-,51-,52+,53-/m1/s1. The fraction of sp³-hybridized carbons (Fsp3) is 0.377. The Morgan fingerprint density at radius 2 is 1.24 bits per heavy atom. The average Bonchev–Trinajstić information content (AvgIpc) is 3.47. The molecule has 27 nitrogen and oxygen atoms in total. The quantitative estimate of drug-likeness (QED) is 0.0243. The number of hydrogen-bond acceptors (Lipinski definition) is 26. The maximum Gasteiger partial charge on any atom is 0.402 e. The molecule has 3 fully saturated rings. The van der Waals surface area contributed by atoms with Crippen LogP contribution in [0.15, 0.2) is 83.3 Å². The number of methoxy groups -OCH3 is 3. The third kappa shape index (κ3) is 12.8. The third-order valence-corrected chi connectivity index (χ3v) is 12.9. The van der Waals surface area contributed by atoms with E-state index in [1.165, 1.54) is 75.9 Å². The van der Waals surface area contributed by atoms with Crippen molar-refractivity contribution in [3.8, 4) is 68.8 Å². The fourth-order valence-electron chi connectivity index (χ4n) is 8.61. The number of ether oxygens (including phenoxy) is 11. The van der Waals surface area contributed by atoms with E-state index in [0.717, 1.165) is 36.4 Å². The Morgan fingerprint density at radius 3 is 1.93 bits per heavy atom. The van der Waals surface area contributed by atoms with Gasteiger partial charge in [-0.25, -0.2) is 14.0 Å². The number of esters is 2. The maximum absolute atomic E-state index is 13.4. The molecular weight excluding hydrogens is 1070 g/mol. The van der Waals surface area contributed by atoms with E-state index in [1.807, 2.05) is 0 Å². The molecule has 0 bridgehead atoms. The summed E-state index contributed by atoms with van der Waals surface area (Å²) in [6.07, 6.45) is -21.7. The molecule has 0 saturated carbocycles. The van der Waals surface area contributed by atoms with E-state index in [2.05, 4.69) is 0 Å². The third-order valence-electron chi connectivity index (χ3n) is 12.9. The summed E-state index contributed by atoms with van der Waals surface area (Å²) in [5.74, 6) is -5.34. The Labute approximate surface area is 452 Å². The Kier molecular flexibility index (Phi) is 18.3. The molecule has 4 heterocycles. The highest BCUT2D eigenvalue weighted by atomic mass is 16.8. The highest BCUT2D eigenvalue weighted by Crippen LogP contribution is 2.44. The molecular formula is C53H57O27+. The predicted molar refractivity (Wildman–Crippen MR) is 268 cm³/mol. The van der Waals surface area contributed by atoms with Crippen molar-refractivity contribution < 1.29 is 132 Å². The minimum atomic E-state index is -2.14. The van der Waals surface area contributed by atoms with Crippen LogP contribution in [0.25, 0.3) is 34.4 Å². The van der Waals surface area contributed by atoms with Crippen molar-refractivity contribution in [2.75, 3.05) is 41.2 Å². The largest absolute Gasteiger partial charge is 0.507 e. The molecule has 13 N–H and O–H groups in total. The first-order valence-electron chi connectivity index (χ1n) is 24.2. The number of aromatic hydroxyl groups is 5. The Hall–Kier alpha value is -7.77. The molecule has 27 heteroatoms. The van der Waals surface area contributed by atoms with Crippen molar-refractivity contribution in [2.24, 2.45) is 0 Å². The number of carbonyl (C=O) groups is 2. The van der Waals surface area contributed by atoms with Gasteiger partial charge in [0.05, 0.1) is 46.2 Å². The first kappa shape index (κ1) is 58.4. The first-order valence-corrected chi connectivity index (χ1v) is 24.2. The van der Waals surface area contributed by atoms with E-state index in [4.69, 9.17) is 56.5 Å². The number of aliphatic hydroxyl groups is 8. The van der Waals surface area contributed by atoms with Crippen LogP contribution in [-0.2, 0) is 38.0 Å². The van der Waals surface area contributed by atoms with E-state index < -0.39 is 141 Å². The molecule has 3 aliphatic heterocycles. The molecule has 5 aromatic rings. The number of benzene rings is 4. The number of phenols is 5. The summed E-state index contributed by atoms with van der Waals surface area (Å²) in [4.78, 5) is 26.5. The van der Waals surface area contributed by atoms with E-state index in [-0.39, 0.29) is 62.4 Å². The van der Waals surface area contributed by atoms with Crippen LogP contribution in [0.2, 0.25) is 0 Å². The number of aliphatic hydroxyl groups excluding tert-OH is 8. The van der Waals surface area contributed by atoms with E-state index in [0.29, 0.717) is 5.56 Å². The van der Waals surface area contributed by atoms with Gasteiger partial charge in [0.1, 0.15) is 78.4 Å². The van der Waals surface area contributed by atoms with Crippen molar-refractivity contribution in [1.82, 2.24) is 0 Å². The second-order valence-electron chi connectivity index (χ2n) is 18.2. The topological polar surface area (TPSA) is 410 Å². The Morgan fingerprint density at radius 1 is 0.600 bits per heavy atom. The summed E-state index contributed by atoms with van der Waals surface area (Å²) in [6, 6.07) is 13.7. The van der Waals surface area contributed by atoms with Crippen LogP contribution in [0, 0.1) is 0 Å². The van der Waals surface area contributed by atoms with E-state index in [9.17, 15) is 76.0 Å². The second-order valence-corrected chi connectivity index (χ2v) is 18.2. The van der Waals surface area contributed by atoms with Gasteiger partial charge in [-0.15, -0.1) is 0 Å². The lowest BCUT2D eigenvalue weighted by atomic mass is 9.98. The Bertz CT molecular complexity index is 3050. The zero-order valence-corrected chi connectivity index (χ0v) is 42.4. The molecule has 0 spiro atoms. The van der Waals surface area contributed by atoms with Crippen molar-refractivity contribution >= 4 is 35.1 Å². The van der Waals surface area contributed by atoms with Crippen LogP contribution in [0.5, 0.6) is 57.5 Å². The molecule has 0 radical (unpaired) electrons. The van der Waals surface area contributed by atoms with Gasteiger partial charge in [0, 0.05) is 30.4 Å². The second kappa shape index (κ2) is 25.1. The average molecular weight is 1130 g/mol. The molecule has 4 aromatic carbocycles. The molecule has 5 unspecified atom stereocenters. The lowest BCUT2D eigenvalue weighted by molar-refractivity contribution is -0.345. The molecule has 1 aromatic heterocycles. The van der Waals surface area contributed by atoms with Crippen LogP contribution in [0.1, 0.15) is 11.1 Å². The first-order chi connectivity index (χ1) is 38.2. The van der Waals surface area contributed by atoms with Crippen LogP contribution in [0.4, 0.5) is 0 Å². The van der Waals surface area contributed by atoms with Crippen LogP contribution < -0.4 is 23.7 Å². The van der Waals surface area contributed by atoms with Gasteiger partial charge in [-0.05, 0) is 59.7 Å². The molecule has 430 valence electrons. The highest BCUT2D eigenvalue weighted by Gasteiger charge is 2.52. The van der Waals surface area contributed by atoms with E-state index in [1.54, 1.807) is 0 Å². The summed E-state index contributed by atoms with van der Waals surface area (Å²) >= 11 is 0. The molecule has 8 rings (SSSR count). The summed E-state index contributed by atoms with van der Waals surface area (Å²) in [5, 5.41) is 139. The normalized spacial score (nSPS) is 27.9. The molecule has 3 saturated heterocycles. The lowest BCUT2D eigenvalue weighted by Crippen LogP contribution is -2.64. The van der Waals surface area contributed by atoms with Crippen molar-refractivity contribution in [1.29, 1.82) is 0 Å². The monoisotopic (exact) mass is 1130 g/mol. The molecule has 0 aliphatic carbocycles. The molecule has 3 aliphatic rings. The SMILES string of the molecule is COc1cc(/C=C/C(=O)OCC2O[C@@H](Oc3cc4c(O[C@@H]5OC(CO)[C@@H](O)[C@H](O)C5O)cc(O)cc4[o+]c3-c3ccc(O)c(O)c3)[C@H](O[C@@H]3OC[C@@H](O)[C@H](O)C3OC(=O)/C=C/c3cc(OC)c(O)c(OC)c3)C(O)[C@@H]2O)ccc1O. The van der Waals surface area contributed by atoms with Crippen molar-refractivity contribution in [2.45, 2.75) is 86.0 Å². The highest BCUT2D eigenvalue weighted by molar-refractivity contribution is 5.90. The number of carbonyl (C=O) groups excluding carboxylic acids is 2. The smallest absolute Gasteiger partial charge is 0.402 e. The number of phenolic OH excluding ortho intramolecular Hbond substituents is 5. The van der Waals surface area contributed by atoms with Gasteiger partial charge in [-0.3, -0.25) is 0 Å². The molecule has 14 atom stereocenters. The number of rotatable bonds is 18. The van der Waals surface area contributed by atoms with Gasteiger partial charge in [0.25, 0.3) is 0 Å². The van der Waals surface area contributed by atoms with Gasteiger partial charge in [-0.2, -0.15) is 0 Å². The van der Waals surface area contributed by atoms with E-state index >= 15 is 0 Å². The number of fused-ring (bicyclic) bond motifs is 1.